The van der Waals surface area contributed by atoms with Gasteiger partial charge < -0.3 is 20.1 Å². The molecule has 0 unspecified atom stereocenters. The molecular formula is C24H18N2O4S. The van der Waals surface area contributed by atoms with Crippen molar-refractivity contribution in [2.45, 2.75) is 11.4 Å². The minimum atomic E-state index is -0.171. The van der Waals surface area contributed by atoms with E-state index in [-0.39, 0.29) is 18.6 Å². The third-order valence-corrected chi connectivity index (χ3v) is 6.04. The number of ether oxygens (including phenoxy) is 2. The van der Waals surface area contributed by atoms with Crippen LogP contribution < -0.4 is 20.1 Å². The lowest BCUT2D eigenvalue weighted by atomic mass is 10.1. The molecule has 0 radical (unpaired) electrons. The SMILES string of the molecule is O=C1Nc2ccccc2SC1=Cc1ccc(C(=O)NCc2ccc3c(c2)OCO3)cc1. The molecule has 2 heterocycles. The number of thioether (sulfide) groups is 1. The maximum Gasteiger partial charge on any atom is 0.262 e. The summed E-state index contributed by atoms with van der Waals surface area (Å²) in [5.74, 6) is 1.11. The van der Waals surface area contributed by atoms with Crippen LogP contribution >= 0.6 is 11.8 Å². The highest BCUT2D eigenvalue weighted by Gasteiger charge is 2.20. The number of fused-ring (bicyclic) bond motifs is 2. The molecule has 7 heteroatoms. The minimum absolute atomic E-state index is 0.130. The Morgan fingerprint density at radius 1 is 1.03 bits per heavy atom. The zero-order valence-corrected chi connectivity index (χ0v) is 17.2. The summed E-state index contributed by atoms with van der Waals surface area (Å²) < 4.78 is 10.7. The van der Waals surface area contributed by atoms with Crippen molar-refractivity contribution in [3.63, 3.8) is 0 Å². The Morgan fingerprint density at radius 3 is 2.71 bits per heavy atom. The molecule has 31 heavy (non-hydrogen) atoms. The van der Waals surface area contributed by atoms with E-state index in [1.54, 1.807) is 12.1 Å². The normalized spacial score (nSPS) is 15.4. The highest BCUT2D eigenvalue weighted by atomic mass is 32.2. The first kappa shape index (κ1) is 19.3. The van der Waals surface area contributed by atoms with Gasteiger partial charge in [-0.05, 0) is 53.6 Å². The van der Waals surface area contributed by atoms with Crippen LogP contribution in [-0.4, -0.2) is 18.6 Å². The van der Waals surface area contributed by atoms with Gasteiger partial charge in [-0.1, -0.05) is 42.1 Å². The van der Waals surface area contributed by atoms with Gasteiger partial charge in [0.25, 0.3) is 11.8 Å². The van der Waals surface area contributed by atoms with E-state index in [0.717, 1.165) is 21.7 Å². The minimum Gasteiger partial charge on any atom is -0.454 e. The first-order valence-electron chi connectivity index (χ1n) is 9.72. The molecule has 0 saturated carbocycles. The molecule has 0 bridgehead atoms. The van der Waals surface area contributed by atoms with Crippen molar-refractivity contribution in [3.05, 3.63) is 88.3 Å². The fraction of sp³-hybridized carbons (Fsp3) is 0.0833. The molecule has 5 rings (SSSR count). The molecule has 0 atom stereocenters. The van der Waals surface area contributed by atoms with Gasteiger partial charge in [-0.15, -0.1) is 0 Å². The monoisotopic (exact) mass is 430 g/mol. The predicted molar refractivity (Wildman–Crippen MR) is 119 cm³/mol. The Balaban J connectivity index is 1.24. The summed E-state index contributed by atoms with van der Waals surface area (Å²) in [6.45, 7) is 0.609. The van der Waals surface area contributed by atoms with Gasteiger partial charge in [0.1, 0.15) is 0 Å². The summed E-state index contributed by atoms with van der Waals surface area (Å²) in [5, 5.41) is 5.81. The summed E-state index contributed by atoms with van der Waals surface area (Å²) in [4.78, 5) is 26.5. The largest absolute Gasteiger partial charge is 0.454 e. The topological polar surface area (TPSA) is 76.7 Å². The Labute approximate surface area is 183 Å². The second-order valence-electron chi connectivity index (χ2n) is 7.05. The summed E-state index contributed by atoms with van der Waals surface area (Å²) in [6.07, 6.45) is 1.82. The van der Waals surface area contributed by atoms with E-state index in [0.29, 0.717) is 28.5 Å². The molecule has 6 nitrogen and oxygen atoms in total. The van der Waals surface area contributed by atoms with Crippen molar-refractivity contribution < 1.29 is 19.1 Å². The number of amides is 2. The summed E-state index contributed by atoms with van der Waals surface area (Å²) in [6, 6.07) is 20.5. The molecule has 2 N–H and O–H groups in total. The molecule has 0 spiro atoms. The van der Waals surface area contributed by atoms with Crippen molar-refractivity contribution in [3.8, 4) is 11.5 Å². The van der Waals surface area contributed by atoms with Gasteiger partial charge in [-0.3, -0.25) is 9.59 Å². The van der Waals surface area contributed by atoms with Crippen LogP contribution in [0.5, 0.6) is 11.5 Å². The first-order chi connectivity index (χ1) is 15.2. The average molecular weight is 430 g/mol. The average Bonchev–Trinajstić information content (AvgIpc) is 3.26. The van der Waals surface area contributed by atoms with E-state index in [2.05, 4.69) is 10.6 Å². The summed E-state index contributed by atoms with van der Waals surface area (Å²) in [5.41, 5.74) is 3.15. The number of carbonyl (C=O) groups excluding carboxylic acids is 2. The number of nitrogens with one attached hydrogen (secondary N) is 2. The number of benzene rings is 3. The van der Waals surface area contributed by atoms with Crippen LogP contribution in [0.25, 0.3) is 6.08 Å². The van der Waals surface area contributed by atoms with Crippen LogP contribution in [0.3, 0.4) is 0 Å². The number of rotatable bonds is 4. The third-order valence-electron chi connectivity index (χ3n) is 4.94. The molecule has 0 aliphatic carbocycles. The van der Waals surface area contributed by atoms with E-state index in [4.69, 9.17) is 9.47 Å². The molecule has 154 valence electrons. The highest BCUT2D eigenvalue weighted by molar-refractivity contribution is 8.04. The maximum absolute atomic E-state index is 12.5. The number of carbonyl (C=O) groups is 2. The Kier molecular flexibility index (Phi) is 5.09. The van der Waals surface area contributed by atoms with Gasteiger partial charge in [-0.2, -0.15) is 0 Å². The van der Waals surface area contributed by atoms with Crippen molar-refractivity contribution in [2.24, 2.45) is 0 Å². The van der Waals surface area contributed by atoms with Crippen molar-refractivity contribution in [2.75, 3.05) is 12.1 Å². The van der Waals surface area contributed by atoms with Crippen LogP contribution in [0.1, 0.15) is 21.5 Å². The van der Waals surface area contributed by atoms with Gasteiger partial charge in [-0.25, -0.2) is 0 Å². The van der Waals surface area contributed by atoms with Gasteiger partial charge in [0, 0.05) is 17.0 Å². The quantitative estimate of drug-likeness (QED) is 0.599. The predicted octanol–water partition coefficient (Wildman–Crippen LogP) is 4.43. The lowest BCUT2D eigenvalue weighted by Gasteiger charge is -2.18. The summed E-state index contributed by atoms with van der Waals surface area (Å²) in [7, 11) is 0. The molecule has 3 aromatic rings. The molecule has 2 amide bonds. The number of hydrogen-bond acceptors (Lipinski definition) is 5. The molecular weight excluding hydrogens is 412 g/mol. The van der Waals surface area contributed by atoms with Crippen molar-refractivity contribution >= 4 is 35.3 Å². The molecule has 0 fully saturated rings. The highest BCUT2D eigenvalue weighted by Crippen LogP contribution is 2.38. The van der Waals surface area contributed by atoms with Crippen LogP contribution in [0.4, 0.5) is 5.69 Å². The number of anilines is 1. The Hall–Kier alpha value is -3.71. The van der Waals surface area contributed by atoms with Gasteiger partial charge in [0.2, 0.25) is 6.79 Å². The second kappa shape index (κ2) is 8.20. The number of para-hydroxylation sites is 1. The van der Waals surface area contributed by atoms with E-state index < -0.39 is 0 Å². The smallest absolute Gasteiger partial charge is 0.262 e. The second-order valence-corrected chi connectivity index (χ2v) is 8.14. The number of hydrogen-bond donors (Lipinski definition) is 2. The first-order valence-corrected chi connectivity index (χ1v) is 10.5. The fourth-order valence-corrected chi connectivity index (χ4v) is 4.27. The fourth-order valence-electron chi connectivity index (χ4n) is 3.32. The third kappa shape index (κ3) is 4.13. The van der Waals surface area contributed by atoms with Gasteiger partial charge in [0.05, 0.1) is 10.6 Å². The standard InChI is InChI=1S/C24H18N2O4S/c27-23(25-13-16-7-10-19-20(11-16)30-14-29-19)17-8-5-15(6-9-17)12-22-24(28)26-18-3-1-2-4-21(18)31-22/h1-12H,13-14H2,(H,25,27)(H,26,28). The molecule has 2 aliphatic heterocycles. The lowest BCUT2D eigenvalue weighted by Crippen LogP contribution is -2.22. The van der Waals surface area contributed by atoms with Crippen LogP contribution in [0, 0.1) is 0 Å². The zero-order valence-electron chi connectivity index (χ0n) is 16.4. The van der Waals surface area contributed by atoms with Crippen molar-refractivity contribution in [1.82, 2.24) is 5.32 Å². The van der Waals surface area contributed by atoms with Crippen LogP contribution in [-0.2, 0) is 11.3 Å². The molecule has 0 aromatic heterocycles. The molecule has 3 aromatic carbocycles. The van der Waals surface area contributed by atoms with Crippen LogP contribution in [0.2, 0.25) is 0 Å². The molecule has 0 saturated heterocycles. The molecule has 2 aliphatic rings. The summed E-state index contributed by atoms with van der Waals surface area (Å²) >= 11 is 1.44. The zero-order chi connectivity index (χ0) is 21.2. The van der Waals surface area contributed by atoms with Gasteiger partial charge in [0.15, 0.2) is 11.5 Å². The maximum atomic E-state index is 12.5. The Bertz CT molecular complexity index is 1200. The van der Waals surface area contributed by atoms with Crippen molar-refractivity contribution in [1.29, 1.82) is 0 Å². The van der Waals surface area contributed by atoms with Crippen LogP contribution in [0.15, 0.2) is 76.5 Å². The van der Waals surface area contributed by atoms with E-state index in [1.165, 1.54) is 11.8 Å². The lowest BCUT2D eigenvalue weighted by molar-refractivity contribution is -0.112. The van der Waals surface area contributed by atoms with Gasteiger partial charge >= 0.3 is 0 Å². The van der Waals surface area contributed by atoms with E-state index >= 15 is 0 Å². The Morgan fingerprint density at radius 2 is 1.84 bits per heavy atom. The van der Waals surface area contributed by atoms with E-state index in [1.807, 2.05) is 60.7 Å². The van der Waals surface area contributed by atoms with E-state index in [9.17, 15) is 9.59 Å².